The van der Waals surface area contributed by atoms with Crippen LogP contribution >= 0.6 is 0 Å². The number of likely N-dealkylation sites (tertiary alicyclic amines) is 2. The molecule has 0 unspecified atom stereocenters. The molecule has 0 aliphatic carbocycles. The van der Waals surface area contributed by atoms with E-state index in [1.165, 1.54) is 25.4 Å². The summed E-state index contributed by atoms with van der Waals surface area (Å²) in [5.41, 5.74) is 0.178. The van der Waals surface area contributed by atoms with E-state index in [2.05, 4.69) is 4.98 Å². The average Bonchev–Trinajstić information content (AvgIpc) is 2.90. The third-order valence-electron chi connectivity index (χ3n) is 5.03. The van der Waals surface area contributed by atoms with Crippen LogP contribution in [0.15, 0.2) is 23.1 Å². The molecule has 2 aliphatic rings. The van der Waals surface area contributed by atoms with Crippen molar-refractivity contribution in [2.24, 2.45) is 0 Å². The SMILES string of the molecule is COC[C@@H]1CC(F)(F)CN1C1CCN(C(=O)c2ccc(=O)[nH]c2)CC1. The lowest BCUT2D eigenvalue weighted by molar-refractivity contribution is 0.00285. The zero-order valence-corrected chi connectivity index (χ0v) is 14.2. The second kappa shape index (κ2) is 7.21. The molecule has 1 aromatic heterocycles. The molecule has 0 aromatic carbocycles. The van der Waals surface area contributed by atoms with Gasteiger partial charge < -0.3 is 14.6 Å². The maximum Gasteiger partial charge on any atom is 0.262 e. The number of nitrogens with one attached hydrogen (secondary N) is 1. The van der Waals surface area contributed by atoms with Crippen LogP contribution in [0.2, 0.25) is 0 Å². The Balaban J connectivity index is 1.60. The third kappa shape index (κ3) is 4.07. The van der Waals surface area contributed by atoms with Crippen molar-refractivity contribution in [3.63, 3.8) is 0 Å². The summed E-state index contributed by atoms with van der Waals surface area (Å²) in [6.45, 7) is 1.10. The molecule has 3 rings (SSSR count). The van der Waals surface area contributed by atoms with E-state index in [1.807, 2.05) is 4.90 Å². The summed E-state index contributed by atoms with van der Waals surface area (Å²) in [7, 11) is 1.53. The van der Waals surface area contributed by atoms with Crippen LogP contribution < -0.4 is 5.56 Å². The molecule has 2 saturated heterocycles. The number of H-pyrrole nitrogens is 1. The molecule has 8 heteroatoms. The standard InChI is InChI=1S/C17H23F2N3O3/c1-25-10-14-8-17(18,19)11-22(14)13-4-6-21(7-5-13)16(24)12-2-3-15(23)20-9-12/h2-3,9,13-14H,4-8,10-11H2,1H3,(H,20,23)/t14-/m0/s1. The van der Waals surface area contributed by atoms with Crippen molar-refractivity contribution >= 4 is 5.91 Å². The molecule has 0 radical (unpaired) electrons. The summed E-state index contributed by atoms with van der Waals surface area (Å²) < 4.78 is 32.7. The predicted octanol–water partition coefficient (Wildman–Crippen LogP) is 1.34. The van der Waals surface area contributed by atoms with Gasteiger partial charge in [-0.3, -0.25) is 14.5 Å². The van der Waals surface area contributed by atoms with Crippen molar-refractivity contribution < 1.29 is 18.3 Å². The molecule has 0 saturated carbocycles. The van der Waals surface area contributed by atoms with Crippen LogP contribution in [0.3, 0.4) is 0 Å². The first-order valence-electron chi connectivity index (χ1n) is 8.50. The number of rotatable bonds is 4. The van der Waals surface area contributed by atoms with Crippen LogP contribution in [-0.2, 0) is 4.74 Å². The smallest absolute Gasteiger partial charge is 0.262 e. The molecule has 138 valence electrons. The molecule has 2 aliphatic heterocycles. The molecule has 1 atom stereocenters. The lowest BCUT2D eigenvalue weighted by Crippen LogP contribution is -2.49. The van der Waals surface area contributed by atoms with E-state index >= 15 is 0 Å². The van der Waals surface area contributed by atoms with Crippen LogP contribution in [-0.4, -0.2) is 72.0 Å². The Kier molecular flexibility index (Phi) is 5.19. The third-order valence-corrected chi connectivity index (χ3v) is 5.03. The fraction of sp³-hybridized carbons (Fsp3) is 0.647. The van der Waals surface area contributed by atoms with E-state index in [1.54, 1.807) is 4.90 Å². The number of hydrogen-bond donors (Lipinski definition) is 1. The van der Waals surface area contributed by atoms with Crippen LogP contribution in [0.5, 0.6) is 0 Å². The van der Waals surface area contributed by atoms with Crippen molar-refractivity contribution in [3.8, 4) is 0 Å². The number of piperidine rings is 1. The Morgan fingerprint density at radius 1 is 1.36 bits per heavy atom. The van der Waals surface area contributed by atoms with E-state index in [0.29, 0.717) is 38.1 Å². The van der Waals surface area contributed by atoms with Crippen molar-refractivity contribution in [1.29, 1.82) is 0 Å². The van der Waals surface area contributed by atoms with Gasteiger partial charge in [0.15, 0.2) is 0 Å². The zero-order valence-electron chi connectivity index (χ0n) is 14.2. The number of amides is 1. The van der Waals surface area contributed by atoms with Crippen LogP contribution in [0, 0.1) is 0 Å². The molecule has 0 bridgehead atoms. The van der Waals surface area contributed by atoms with Gasteiger partial charge in [-0.1, -0.05) is 0 Å². The van der Waals surface area contributed by atoms with Gasteiger partial charge in [-0.05, 0) is 18.9 Å². The number of pyridine rings is 1. The van der Waals surface area contributed by atoms with Gasteiger partial charge >= 0.3 is 0 Å². The first kappa shape index (κ1) is 18.0. The van der Waals surface area contributed by atoms with Crippen molar-refractivity contribution in [3.05, 3.63) is 34.2 Å². The lowest BCUT2D eigenvalue weighted by atomic mass is 10.0. The highest BCUT2D eigenvalue weighted by molar-refractivity contribution is 5.93. The van der Waals surface area contributed by atoms with Crippen LogP contribution in [0.1, 0.15) is 29.6 Å². The Bertz CT molecular complexity index is 651. The van der Waals surface area contributed by atoms with Gasteiger partial charge in [-0.2, -0.15) is 0 Å². The van der Waals surface area contributed by atoms with E-state index < -0.39 is 5.92 Å². The Labute approximate surface area is 144 Å². The maximum absolute atomic E-state index is 13.8. The number of alkyl halides is 2. The Hall–Kier alpha value is -1.80. The van der Waals surface area contributed by atoms with Gasteiger partial charge in [0.2, 0.25) is 5.56 Å². The van der Waals surface area contributed by atoms with E-state index in [4.69, 9.17) is 4.74 Å². The summed E-state index contributed by atoms with van der Waals surface area (Å²) in [6.07, 6.45) is 2.56. The van der Waals surface area contributed by atoms with Gasteiger partial charge in [0.25, 0.3) is 11.8 Å². The number of hydrogen-bond acceptors (Lipinski definition) is 4. The van der Waals surface area contributed by atoms with Gasteiger partial charge in [0.1, 0.15) is 0 Å². The highest BCUT2D eigenvalue weighted by atomic mass is 19.3. The fourth-order valence-corrected chi connectivity index (χ4v) is 3.82. The number of carbonyl (C=O) groups excluding carboxylic acids is 1. The minimum Gasteiger partial charge on any atom is -0.383 e. The molecule has 0 spiro atoms. The number of carbonyl (C=O) groups is 1. The lowest BCUT2D eigenvalue weighted by Gasteiger charge is -2.39. The second-order valence-corrected chi connectivity index (χ2v) is 6.81. The molecule has 1 aromatic rings. The molecule has 2 fully saturated rings. The minimum atomic E-state index is -2.67. The molecular weight excluding hydrogens is 332 g/mol. The zero-order chi connectivity index (χ0) is 18.0. The average molecular weight is 355 g/mol. The quantitative estimate of drug-likeness (QED) is 0.885. The van der Waals surface area contributed by atoms with Crippen LogP contribution in [0.4, 0.5) is 8.78 Å². The molecule has 1 N–H and O–H groups in total. The molecule has 25 heavy (non-hydrogen) atoms. The monoisotopic (exact) mass is 355 g/mol. The molecule has 3 heterocycles. The van der Waals surface area contributed by atoms with Gasteiger partial charge in [-0.15, -0.1) is 0 Å². The Morgan fingerprint density at radius 2 is 2.08 bits per heavy atom. The van der Waals surface area contributed by atoms with Crippen molar-refractivity contribution in [2.45, 2.75) is 37.3 Å². The first-order valence-corrected chi connectivity index (χ1v) is 8.50. The number of ether oxygens (including phenoxy) is 1. The summed E-state index contributed by atoms with van der Waals surface area (Å²) >= 11 is 0. The minimum absolute atomic E-state index is 0.0353. The first-order chi connectivity index (χ1) is 11.9. The fourth-order valence-electron chi connectivity index (χ4n) is 3.82. The number of methoxy groups -OCH3 is 1. The number of nitrogens with zero attached hydrogens (tertiary/aromatic N) is 2. The summed E-state index contributed by atoms with van der Waals surface area (Å²) in [5.74, 6) is -2.82. The molecule has 1 amide bonds. The van der Waals surface area contributed by atoms with Gasteiger partial charge in [-0.25, -0.2) is 8.78 Å². The van der Waals surface area contributed by atoms with Gasteiger partial charge in [0.05, 0.1) is 18.7 Å². The molecule has 6 nitrogen and oxygen atoms in total. The second-order valence-electron chi connectivity index (χ2n) is 6.81. The van der Waals surface area contributed by atoms with E-state index in [-0.39, 0.29) is 36.5 Å². The Morgan fingerprint density at radius 3 is 2.68 bits per heavy atom. The summed E-state index contributed by atoms with van der Waals surface area (Å²) in [6, 6.07) is 2.59. The van der Waals surface area contributed by atoms with E-state index in [0.717, 1.165) is 0 Å². The number of halogens is 2. The molecular formula is C17H23F2N3O3. The van der Waals surface area contributed by atoms with E-state index in [9.17, 15) is 18.4 Å². The van der Waals surface area contributed by atoms with Crippen molar-refractivity contribution in [1.82, 2.24) is 14.8 Å². The number of aromatic amines is 1. The topological polar surface area (TPSA) is 65.6 Å². The highest BCUT2D eigenvalue weighted by Gasteiger charge is 2.47. The number of aromatic nitrogens is 1. The van der Waals surface area contributed by atoms with Crippen LogP contribution in [0.25, 0.3) is 0 Å². The van der Waals surface area contributed by atoms with Crippen molar-refractivity contribution in [2.75, 3.05) is 33.4 Å². The van der Waals surface area contributed by atoms with Gasteiger partial charge in [0, 0.05) is 51.0 Å². The summed E-state index contributed by atoms with van der Waals surface area (Å²) in [4.78, 5) is 29.6. The highest BCUT2D eigenvalue weighted by Crippen LogP contribution is 2.35. The largest absolute Gasteiger partial charge is 0.383 e. The maximum atomic E-state index is 13.8. The summed E-state index contributed by atoms with van der Waals surface area (Å²) in [5, 5.41) is 0. The normalized spacial score (nSPS) is 24.6. The predicted molar refractivity (Wildman–Crippen MR) is 87.9 cm³/mol.